The van der Waals surface area contributed by atoms with Crippen LogP contribution in [0, 0.1) is 0 Å². The lowest BCUT2D eigenvalue weighted by molar-refractivity contribution is 0.403. The van der Waals surface area contributed by atoms with Gasteiger partial charge in [0.25, 0.3) is 0 Å². The van der Waals surface area contributed by atoms with Gasteiger partial charge in [0.1, 0.15) is 5.76 Å². The number of aromatic nitrogens is 1. The minimum atomic E-state index is -0.109. The Morgan fingerprint density at radius 1 is 1.54 bits per heavy atom. The quantitative estimate of drug-likeness (QED) is 0.778. The van der Waals surface area contributed by atoms with Gasteiger partial charge in [0.2, 0.25) is 5.89 Å². The first-order valence-corrected chi connectivity index (χ1v) is 4.86. The second-order valence-corrected chi connectivity index (χ2v) is 3.58. The molecule has 0 bridgehead atoms. The maximum atomic E-state index is 5.64. The van der Waals surface area contributed by atoms with Gasteiger partial charge >= 0.3 is 0 Å². The summed E-state index contributed by atoms with van der Waals surface area (Å²) >= 11 is 0. The molecule has 2 atom stereocenters. The molecule has 0 spiro atoms. The minimum Gasteiger partial charge on any atom is -0.444 e. The lowest BCUT2D eigenvalue weighted by Crippen LogP contribution is -2.04. The van der Waals surface area contributed by atoms with Crippen molar-refractivity contribution in [1.29, 1.82) is 0 Å². The average Bonchev–Trinajstić information content (AvgIpc) is 2.52. The van der Waals surface area contributed by atoms with Gasteiger partial charge in [-0.15, -0.1) is 0 Å². The summed E-state index contributed by atoms with van der Waals surface area (Å²) in [6.07, 6.45) is 4.09. The smallest absolute Gasteiger partial charge is 0.211 e. The topological polar surface area (TPSA) is 52.0 Å². The molecule has 0 aliphatic carbocycles. The Hall–Kier alpha value is -0.830. The van der Waals surface area contributed by atoms with Crippen molar-refractivity contribution in [3.05, 3.63) is 17.8 Å². The van der Waals surface area contributed by atoms with Crippen molar-refractivity contribution < 1.29 is 4.42 Å². The molecule has 0 saturated carbocycles. The van der Waals surface area contributed by atoms with Crippen LogP contribution in [0.4, 0.5) is 0 Å². The Morgan fingerprint density at radius 3 is 2.69 bits per heavy atom. The molecule has 0 aliphatic rings. The Bertz CT molecular complexity index is 255. The first-order chi connectivity index (χ1) is 6.15. The fourth-order valence-electron chi connectivity index (χ4n) is 1.31. The van der Waals surface area contributed by atoms with Crippen molar-refractivity contribution >= 4 is 0 Å². The molecule has 1 rings (SSSR count). The van der Waals surface area contributed by atoms with Gasteiger partial charge in [-0.05, 0) is 13.3 Å². The van der Waals surface area contributed by atoms with Gasteiger partial charge in [0.15, 0.2) is 0 Å². The van der Waals surface area contributed by atoms with E-state index in [1.54, 1.807) is 6.20 Å². The van der Waals surface area contributed by atoms with Crippen molar-refractivity contribution in [3.63, 3.8) is 0 Å². The number of oxazole rings is 1. The van der Waals surface area contributed by atoms with Crippen LogP contribution in [0.25, 0.3) is 0 Å². The van der Waals surface area contributed by atoms with E-state index < -0.39 is 0 Å². The molecule has 0 amide bonds. The fourth-order valence-corrected chi connectivity index (χ4v) is 1.31. The van der Waals surface area contributed by atoms with E-state index in [-0.39, 0.29) is 6.04 Å². The van der Waals surface area contributed by atoms with Gasteiger partial charge in [-0.2, -0.15) is 0 Å². The van der Waals surface area contributed by atoms with Gasteiger partial charge in [-0.3, -0.25) is 0 Å². The number of hydrogen-bond acceptors (Lipinski definition) is 3. The molecule has 1 aromatic heterocycles. The lowest BCUT2D eigenvalue weighted by Gasteiger charge is -2.04. The van der Waals surface area contributed by atoms with Crippen molar-refractivity contribution in [2.24, 2.45) is 5.73 Å². The van der Waals surface area contributed by atoms with E-state index in [9.17, 15) is 0 Å². The highest BCUT2D eigenvalue weighted by Gasteiger charge is 2.12. The second-order valence-electron chi connectivity index (χ2n) is 3.58. The molecule has 0 saturated heterocycles. The minimum absolute atomic E-state index is 0.109. The first-order valence-electron chi connectivity index (χ1n) is 4.86. The summed E-state index contributed by atoms with van der Waals surface area (Å²) in [6, 6.07) is -0.109. The van der Waals surface area contributed by atoms with Crippen molar-refractivity contribution in [2.45, 2.75) is 45.6 Å². The number of rotatable bonds is 4. The van der Waals surface area contributed by atoms with Crippen molar-refractivity contribution in [2.75, 3.05) is 0 Å². The van der Waals surface area contributed by atoms with Crippen LogP contribution in [-0.2, 0) is 0 Å². The zero-order valence-electron chi connectivity index (χ0n) is 8.58. The number of nitrogens with zero attached hydrogens (tertiary/aromatic N) is 1. The molecule has 0 aliphatic heterocycles. The third-order valence-electron chi connectivity index (χ3n) is 2.14. The largest absolute Gasteiger partial charge is 0.444 e. The van der Waals surface area contributed by atoms with E-state index in [0.717, 1.165) is 18.6 Å². The summed E-state index contributed by atoms with van der Waals surface area (Å²) in [5, 5.41) is 0. The molecule has 1 aromatic rings. The molecule has 0 aromatic carbocycles. The Balaban J connectivity index is 2.67. The molecule has 74 valence electrons. The molecule has 0 radical (unpaired) electrons. The highest BCUT2D eigenvalue weighted by molar-refractivity contribution is 5.01. The van der Waals surface area contributed by atoms with Crippen molar-refractivity contribution in [1.82, 2.24) is 4.98 Å². The summed E-state index contributed by atoms with van der Waals surface area (Å²) in [6.45, 7) is 6.19. The van der Waals surface area contributed by atoms with Crippen LogP contribution in [0.5, 0.6) is 0 Å². The molecule has 1 heterocycles. The van der Waals surface area contributed by atoms with Gasteiger partial charge in [0, 0.05) is 5.92 Å². The third-order valence-corrected chi connectivity index (χ3v) is 2.14. The molecule has 2 N–H and O–H groups in total. The zero-order chi connectivity index (χ0) is 9.84. The Labute approximate surface area is 79.3 Å². The average molecular weight is 182 g/mol. The van der Waals surface area contributed by atoms with E-state index in [1.807, 2.05) is 6.92 Å². The highest BCUT2D eigenvalue weighted by atomic mass is 16.4. The summed E-state index contributed by atoms with van der Waals surface area (Å²) in [5.74, 6) is 2.04. The van der Waals surface area contributed by atoms with E-state index in [1.165, 1.54) is 0 Å². The normalized spacial score (nSPS) is 15.7. The number of nitrogens with two attached hydrogens (primary N) is 1. The summed E-state index contributed by atoms with van der Waals surface area (Å²) < 4.78 is 5.52. The van der Waals surface area contributed by atoms with Gasteiger partial charge in [0.05, 0.1) is 12.2 Å². The first kappa shape index (κ1) is 10.3. The number of hydrogen-bond donors (Lipinski definition) is 1. The van der Waals surface area contributed by atoms with Gasteiger partial charge in [-0.25, -0.2) is 4.98 Å². The van der Waals surface area contributed by atoms with Gasteiger partial charge in [-0.1, -0.05) is 20.3 Å². The van der Waals surface area contributed by atoms with Crippen LogP contribution in [0.2, 0.25) is 0 Å². The van der Waals surface area contributed by atoms with E-state index >= 15 is 0 Å². The summed E-state index contributed by atoms with van der Waals surface area (Å²) in [4.78, 5) is 4.13. The second kappa shape index (κ2) is 4.42. The SMILES string of the molecule is CCCC(C)c1cnc(C(C)N)o1. The Morgan fingerprint density at radius 2 is 2.23 bits per heavy atom. The summed E-state index contributed by atoms with van der Waals surface area (Å²) in [5.41, 5.74) is 5.64. The summed E-state index contributed by atoms with van der Waals surface area (Å²) in [7, 11) is 0. The van der Waals surface area contributed by atoms with Crippen LogP contribution in [0.15, 0.2) is 10.6 Å². The van der Waals surface area contributed by atoms with Crippen LogP contribution >= 0.6 is 0 Å². The lowest BCUT2D eigenvalue weighted by atomic mass is 10.0. The van der Waals surface area contributed by atoms with Crippen LogP contribution < -0.4 is 5.73 Å². The van der Waals surface area contributed by atoms with Crippen LogP contribution in [0.1, 0.15) is 57.2 Å². The fraction of sp³-hybridized carbons (Fsp3) is 0.700. The van der Waals surface area contributed by atoms with Gasteiger partial charge < -0.3 is 10.2 Å². The third kappa shape index (κ3) is 2.56. The molecular formula is C10H18N2O. The maximum Gasteiger partial charge on any atom is 0.211 e. The monoisotopic (exact) mass is 182 g/mol. The highest BCUT2D eigenvalue weighted by Crippen LogP contribution is 2.22. The molecule has 0 fully saturated rings. The van der Waals surface area contributed by atoms with Crippen molar-refractivity contribution in [3.8, 4) is 0 Å². The van der Waals surface area contributed by atoms with E-state index in [4.69, 9.17) is 10.2 Å². The molecule has 13 heavy (non-hydrogen) atoms. The molecule has 3 nitrogen and oxygen atoms in total. The van der Waals surface area contributed by atoms with Crippen LogP contribution in [-0.4, -0.2) is 4.98 Å². The van der Waals surface area contributed by atoms with E-state index in [0.29, 0.717) is 11.8 Å². The maximum absolute atomic E-state index is 5.64. The Kier molecular flexibility index (Phi) is 3.48. The molecular weight excluding hydrogens is 164 g/mol. The van der Waals surface area contributed by atoms with E-state index in [2.05, 4.69) is 18.8 Å². The molecule has 2 unspecified atom stereocenters. The zero-order valence-corrected chi connectivity index (χ0v) is 8.58. The van der Waals surface area contributed by atoms with Crippen LogP contribution in [0.3, 0.4) is 0 Å². The predicted molar refractivity (Wildman–Crippen MR) is 52.4 cm³/mol. The standard InChI is InChI=1S/C10H18N2O/c1-4-5-7(2)9-6-12-10(13-9)8(3)11/h6-8H,4-5,11H2,1-3H3. The molecule has 3 heteroatoms. The predicted octanol–water partition coefficient (Wildman–Crippen LogP) is 2.60.